The van der Waals surface area contributed by atoms with Gasteiger partial charge < -0.3 is 9.52 Å². The third kappa shape index (κ3) is 1.37. The van der Waals surface area contributed by atoms with Crippen molar-refractivity contribution in [3.63, 3.8) is 0 Å². The molecule has 0 amide bonds. The molecule has 2 aromatic rings. The molecular weight excluding hydrogens is 166 g/mol. The van der Waals surface area contributed by atoms with Crippen molar-refractivity contribution in [1.29, 1.82) is 0 Å². The van der Waals surface area contributed by atoms with Crippen LogP contribution in [0.3, 0.4) is 0 Å². The largest absolute Gasteiger partial charge is 0.508 e. The van der Waals surface area contributed by atoms with Gasteiger partial charge in [0.1, 0.15) is 11.3 Å². The molecule has 0 aliphatic rings. The molecule has 0 saturated carbocycles. The van der Waals surface area contributed by atoms with Crippen LogP contribution in [-0.4, -0.2) is 10.1 Å². The van der Waals surface area contributed by atoms with Crippen LogP contribution in [-0.2, 0) is 0 Å². The lowest BCUT2D eigenvalue weighted by Gasteiger charge is -1.93. The molecule has 1 aromatic carbocycles. The normalized spacial score (nSPS) is 11.3. The first-order chi connectivity index (χ1) is 6.16. The molecule has 0 radical (unpaired) electrons. The Bertz CT molecular complexity index is 431. The number of nitrogens with zero attached hydrogens (tertiary/aromatic N) is 1. The fraction of sp³-hybridized carbons (Fsp3) is 0.300. The van der Waals surface area contributed by atoms with Crippen LogP contribution in [0.2, 0.25) is 0 Å². The lowest BCUT2D eigenvalue weighted by Crippen LogP contribution is -1.84. The first kappa shape index (κ1) is 8.10. The number of rotatable bonds is 1. The Morgan fingerprint density at radius 2 is 2.15 bits per heavy atom. The van der Waals surface area contributed by atoms with E-state index < -0.39 is 0 Å². The molecule has 0 fully saturated rings. The van der Waals surface area contributed by atoms with Crippen molar-refractivity contribution in [3.8, 4) is 5.75 Å². The van der Waals surface area contributed by atoms with Crippen LogP contribution >= 0.6 is 0 Å². The minimum atomic E-state index is 0.219. The van der Waals surface area contributed by atoms with Crippen LogP contribution in [0.1, 0.15) is 25.7 Å². The number of hydrogen-bond donors (Lipinski definition) is 1. The molecule has 3 heteroatoms. The minimum absolute atomic E-state index is 0.219. The fourth-order valence-corrected chi connectivity index (χ4v) is 1.18. The van der Waals surface area contributed by atoms with Crippen LogP contribution in [0.4, 0.5) is 0 Å². The second-order valence-corrected chi connectivity index (χ2v) is 3.36. The molecule has 1 N–H and O–H groups in total. The van der Waals surface area contributed by atoms with Gasteiger partial charge in [-0.3, -0.25) is 0 Å². The van der Waals surface area contributed by atoms with E-state index in [0.717, 1.165) is 5.58 Å². The summed E-state index contributed by atoms with van der Waals surface area (Å²) in [6.45, 7) is 4.04. The van der Waals surface area contributed by atoms with Gasteiger partial charge in [-0.2, -0.15) is 0 Å². The Morgan fingerprint density at radius 3 is 2.85 bits per heavy atom. The summed E-state index contributed by atoms with van der Waals surface area (Å²) in [4.78, 5) is 4.25. The van der Waals surface area contributed by atoms with E-state index in [1.807, 2.05) is 13.8 Å². The van der Waals surface area contributed by atoms with E-state index >= 15 is 0 Å². The molecule has 1 heterocycles. The van der Waals surface area contributed by atoms with E-state index in [0.29, 0.717) is 11.4 Å². The van der Waals surface area contributed by atoms with Gasteiger partial charge in [0.15, 0.2) is 11.5 Å². The van der Waals surface area contributed by atoms with Crippen LogP contribution < -0.4 is 0 Å². The summed E-state index contributed by atoms with van der Waals surface area (Å²) in [5.41, 5.74) is 1.44. The average Bonchev–Trinajstić information content (AvgIpc) is 2.46. The van der Waals surface area contributed by atoms with Crippen LogP contribution in [0.25, 0.3) is 11.1 Å². The predicted octanol–water partition coefficient (Wildman–Crippen LogP) is 2.66. The van der Waals surface area contributed by atoms with Crippen molar-refractivity contribution in [2.45, 2.75) is 19.8 Å². The zero-order valence-electron chi connectivity index (χ0n) is 7.61. The number of hydrogen-bond acceptors (Lipinski definition) is 3. The quantitative estimate of drug-likeness (QED) is 0.728. The Hall–Kier alpha value is -1.51. The Balaban J connectivity index is 2.62. The van der Waals surface area contributed by atoms with E-state index in [4.69, 9.17) is 4.42 Å². The van der Waals surface area contributed by atoms with Gasteiger partial charge in [-0.25, -0.2) is 4.98 Å². The van der Waals surface area contributed by atoms with Crippen molar-refractivity contribution in [2.75, 3.05) is 0 Å². The third-order valence-corrected chi connectivity index (χ3v) is 1.88. The van der Waals surface area contributed by atoms with E-state index in [9.17, 15) is 5.11 Å². The molecule has 13 heavy (non-hydrogen) atoms. The number of aromatic nitrogens is 1. The number of benzene rings is 1. The summed E-state index contributed by atoms with van der Waals surface area (Å²) in [5.74, 6) is 1.20. The van der Waals surface area contributed by atoms with Gasteiger partial charge >= 0.3 is 0 Å². The minimum Gasteiger partial charge on any atom is -0.508 e. The smallest absolute Gasteiger partial charge is 0.198 e. The highest BCUT2D eigenvalue weighted by molar-refractivity contribution is 5.74. The molecule has 0 spiro atoms. The van der Waals surface area contributed by atoms with Gasteiger partial charge in [-0.1, -0.05) is 13.8 Å². The summed E-state index contributed by atoms with van der Waals surface area (Å²) in [6, 6.07) is 4.92. The monoisotopic (exact) mass is 177 g/mol. The van der Waals surface area contributed by atoms with Gasteiger partial charge in [0.25, 0.3) is 0 Å². The lowest BCUT2D eigenvalue weighted by molar-refractivity contribution is 0.475. The summed E-state index contributed by atoms with van der Waals surface area (Å²) in [5, 5.41) is 9.20. The second kappa shape index (κ2) is 2.76. The highest BCUT2D eigenvalue weighted by atomic mass is 16.3. The first-order valence-corrected chi connectivity index (χ1v) is 4.26. The Labute approximate surface area is 76.0 Å². The van der Waals surface area contributed by atoms with E-state index in [2.05, 4.69) is 4.98 Å². The second-order valence-electron chi connectivity index (χ2n) is 3.36. The molecule has 68 valence electrons. The zero-order chi connectivity index (χ0) is 9.42. The molecule has 0 bridgehead atoms. The SMILES string of the molecule is CC(C)c1nc2cc(O)ccc2o1. The topological polar surface area (TPSA) is 46.3 Å². The first-order valence-electron chi connectivity index (χ1n) is 4.26. The van der Waals surface area contributed by atoms with Gasteiger partial charge in [-0.05, 0) is 12.1 Å². The molecule has 0 saturated heterocycles. The van der Waals surface area contributed by atoms with Crippen LogP contribution in [0, 0.1) is 0 Å². The van der Waals surface area contributed by atoms with Gasteiger partial charge in [0, 0.05) is 12.0 Å². The summed E-state index contributed by atoms with van der Waals surface area (Å²) < 4.78 is 5.46. The standard InChI is InChI=1S/C10H11NO2/c1-6(2)10-11-8-5-7(12)3-4-9(8)13-10/h3-6,12H,1-2H3. The van der Waals surface area contributed by atoms with E-state index in [1.165, 1.54) is 0 Å². The third-order valence-electron chi connectivity index (χ3n) is 1.88. The number of phenolic OH excluding ortho intramolecular Hbond substituents is 1. The predicted molar refractivity (Wildman–Crippen MR) is 49.8 cm³/mol. The van der Waals surface area contributed by atoms with Gasteiger partial charge in [-0.15, -0.1) is 0 Å². The number of oxazole rings is 1. The molecule has 3 nitrogen and oxygen atoms in total. The van der Waals surface area contributed by atoms with E-state index in [-0.39, 0.29) is 11.7 Å². The number of fused-ring (bicyclic) bond motifs is 1. The van der Waals surface area contributed by atoms with Crippen molar-refractivity contribution in [2.24, 2.45) is 0 Å². The zero-order valence-corrected chi connectivity index (χ0v) is 7.61. The lowest BCUT2D eigenvalue weighted by atomic mass is 10.2. The molecule has 0 atom stereocenters. The van der Waals surface area contributed by atoms with Crippen LogP contribution in [0.15, 0.2) is 22.6 Å². The van der Waals surface area contributed by atoms with Gasteiger partial charge in [0.05, 0.1) is 0 Å². The van der Waals surface area contributed by atoms with Crippen LogP contribution in [0.5, 0.6) is 5.75 Å². The highest BCUT2D eigenvalue weighted by Crippen LogP contribution is 2.23. The summed E-state index contributed by atoms with van der Waals surface area (Å²) in [6.07, 6.45) is 0. The maximum Gasteiger partial charge on any atom is 0.198 e. The van der Waals surface area contributed by atoms with Crippen molar-refractivity contribution in [3.05, 3.63) is 24.1 Å². The van der Waals surface area contributed by atoms with E-state index in [1.54, 1.807) is 18.2 Å². The Kier molecular flexibility index (Phi) is 1.72. The number of phenols is 1. The fourth-order valence-electron chi connectivity index (χ4n) is 1.18. The molecule has 1 aromatic heterocycles. The van der Waals surface area contributed by atoms with Crippen molar-refractivity contribution in [1.82, 2.24) is 4.98 Å². The Morgan fingerprint density at radius 1 is 1.38 bits per heavy atom. The summed E-state index contributed by atoms with van der Waals surface area (Å²) >= 11 is 0. The van der Waals surface area contributed by atoms with Crippen molar-refractivity contribution < 1.29 is 9.52 Å². The molecule has 0 aliphatic carbocycles. The van der Waals surface area contributed by atoms with Crippen molar-refractivity contribution >= 4 is 11.1 Å². The highest BCUT2D eigenvalue weighted by Gasteiger charge is 2.08. The molecule has 0 unspecified atom stereocenters. The molecular formula is C10H11NO2. The molecule has 0 aliphatic heterocycles. The maximum absolute atomic E-state index is 9.20. The maximum atomic E-state index is 9.20. The summed E-state index contributed by atoms with van der Waals surface area (Å²) in [7, 11) is 0. The number of aromatic hydroxyl groups is 1. The average molecular weight is 177 g/mol. The molecule has 2 rings (SSSR count). The van der Waals surface area contributed by atoms with Gasteiger partial charge in [0.2, 0.25) is 0 Å².